The van der Waals surface area contributed by atoms with Gasteiger partial charge >= 0.3 is 18.9 Å². The Morgan fingerprint density at radius 2 is 1.13 bits per heavy atom. The Balaban J connectivity index is 0.00000218. The molecule has 1 heteroatoms. The van der Waals surface area contributed by atoms with Crippen LogP contribution in [-0.4, -0.2) is 0 Å². The molecule has 5 rings (SSSR count). The van der Waals surface area contributed by atoms with Crippen LogP contribution in [0.25, 0.3) is 0 Å². The minimum absolute atomic E-state index is 0. The molecule has 0 aromatic rings. The molecule has 2 saturated carbocycles. The first-order valence-corrected chi connectivity index (χ1v) is 11.4. The summed E-state index contributed by atoms with van der Waals surface area (Å²) in [5, 5.41) is 0. The summed E-state index contributed by atoms with van der Waals surface area (Å²) in [6.07, 6.45) is 29.3. The van der Waals surface area contributed by atoms with Crippen LogP contribution in [-0.2, 0) is 0 Å². The van der Waals surface area contributed by atoms with Gasteiger partial charge in [-0.3, -0.25) is 0 Å². The normalized spacial score (nSPS) is 57.1. The maximum Gasteiger partial charge on any atom is 1.00 e. The molecule has 0 bridgehead atoms. The van der Waals surface area contributed by atoms with Crippen LogP contribution in [0.5, 0.6) is 0 Å². The molecule has 5 aliphatic carbocycles. The summed E-state index contributed by atoms with van der Waals surface area (Å²) in [6.45, 7) is 20.3. The molecule has 30 heavy (non-hydrogen) atoms. The van der Waals surface area contributed by atoms with Crippen LogP contribution in [0.3, 0.4) is 0 Å². The molecule has 8 atom stereocenters. The van der Waals surface area contributed by atoms with E-state index in [-0.39, 0.29) is 56.8 Å². The van der Waals surface area contributed by atoms with E-state index in [4.69, 9.17) is 0 Å². The van der Waals surface area contributed by atoms with E-state index < -0.39 is 0 Å². The van der Waals surface area contributed by atoms with Crippen molar-refractivity contribution in [1.82, 2.24) is 0 Å². The quantitative estimate of drug-likeness (QED) is 0.416. The van der Waals surface area contributed by atoms with Crippen molar-refractivity contribution < 1.29 is 18.9 Å². The van der Waals surface area contributed by atoms with Gasteiger partial charge in [0, 0.05) is 10.8 Å². The van der Waals surface area contributed by atoms with Crippen LogP contribution in [0.15, 0.2) is 72.4 Å². The molecule has 0 nitrogen and oxygen atoms in total. The van der Waals surface area contributed by atoms with Crippen LogP contribution >= 0.6 is 0 Å². The van der Waals surface area contributed by atoms with Crippen LogP contribution in [0.1, 0.15) is 55.4 Å². The van der Waals surface area contributed by atoms with Crippen LogP contribution in [0, 0.1) is 50.2 Å². The summed E-state index contributed by atoms with van der Waals surface area (Å²) in [4.78, 5) is 0. The third-order valence-electron chi connectivity index (χ3n) is 12.0. The van der Waals surface area contributed by atoms with E-state index in [1.54, 1.807) is 0 Å². The van der Waals surface area contributed by atoms with Crippen LogP contribution in [0.2, 0.25) is 0 Å². The maximum absolute atomic E-state index is 2.75. The molecule has 0 N–H and O–H groups in total. The smallest absolute Gasteiger partial charge is 0.314 e. The Labute approximate surface area is 196 Å². The average molecular weight is 393 g/mol. The van der Waals surface area contributed by atoms with Gasteiger partial charge in [0.1, 0.15) is 0 Å². The topological polar surface area (TPSA) is 0 Å². The van der Waals surface area contributed by atoms with Crippen molar-refractivity contribution in [1.29, 1.82) is 0 Å². The minimum Gasteiger partial charge on any atom is -0.314 e. The number of fused-ring (bicyclic) bond motifs is 8. The summed E-state index contributed by atoms with van der Waals surface area (Å²) < 4.78 is 0. The van der Waals surface area contributed by atoms with Gasteiger partial charge in [-0.15, -0.1) is 17.4 Å². The standard InChI is InChI=1S/C29H37.Li/c1-21-14-13-15-22-20-27(6)25(4)18-10-9-16-23(25,2)24(3)17-11-12-19-26(24,5)29(27,8)28(21,22)7;/h9-20,22H,1-8H3;/q-1;+1. The van der Waals surface area contributed by atoms with Gasteiger partial charge in [-0.2, -0.15) is 0 Å². The van der Waals surface area contributed by atoms with Gasteiger partial charge in [0.15, 0.2) is 0 Å². The first kappa shape index (κ1) is 22.2. The van der Waals surface area contributed by atoms with Crippen molar-refractivity contribution in [2.24, 2.45) is 43.8 Å². The third kappa shape index (κ3) is 1.73. The van der Waals surface area contributed by atoms with Gasteiger partial charge in [-0.1, -0.05) is 115 Å². The van der Waals surface area contributed by atoms with Gasteiger partial charge in [-0.05, 0) is 28.6 Å². The van der Waals surface area contributed by atoms with E-state index in [1.165, 1.54) is 5.57 Å². The van der Waals surface area contributed by atoms with Crippen molar-refractivity contribution in [3.05, 3.63) is 78.8 Å². The zero-order valence-electron chi connectivity index (χ0n) is 20.5. The SMILES string of the molecule is CC1=CC=CC2[CH-]C3(C)C4(C)C=CC=CC4(C)C4(C)C=CC=CC4(C)C3(C)C12C.[Li+]. The van der Waals surface area contributed by atoms with Crippen LogP contribution in [0.4, 0.5) is 0 Å². The second-order valence-electron chi connectivity index (χ2n) is 11.7. The van der Waals surface area contributed by atoms with E-state index in [9.17, 15) is 0 Å². The second kappa shape index (κ2) is 5.88. The molecule has 5 aliphatic rings. The number of allylic oxidation sites excluding steroid dienone is 12. The van der Waals surface area contributed by atoms with E-state index in [1.807, 2.05) is 0 Å². The molecule has 0 saturated heterocycles. The number of hydrogen-bond donors (Lipinski definition) is 0. The van der Waals surface area contributed by atoms with Gasteiger partial charge in [0.25, 0.3) is 0 Å². The molecule has 0 radical (unpaired) electrons. The molecule has 154 valence electrons. The average Bonchev–Trinajstić information content (AvgIpc) is 2.87. The Bertz CT molecular complexity index is 976. The molecule has 8 unspecified atom stereocenters. The molecule has 0 heterocycles. The Morgan fingerprint density at radius 3 is 1.70 bits per heavy atom. The summed E-state index contributed by atoms with van der Waals surface area (Å²) in [5.74, 6) is 0.460. The summed E-state index contributed by atoms with van der Waals surface area (Å²) in [6, 6.07) is 0. The first-order valence-electron chi connectivity index (χ1n) is 11.4. The Hall–Kier alpha value is -0.963. The van der Waals surface area contributed by atoms with E-state index in [0.29, 0.717) is 5.92 Å². The second-order valence-corrected chi connectivity index (χ2v) is 11.7. The molecule has 0 aromatic carbocycles. The first-order chi connectivity index (χ1) is 13.4. The van der Waals surface area contributed by atoms with Gasteiger partial charge in [0.2, 0.25) is 0 Å². The van der Waals surface area contributed by atoms with E-state index in [2.05, 4.69) is 129 Å². The van der Waals surface area contributed by atoms with Gasteiger partial charge in [-0.25, -0.2) is 0 Å². The number of rotatable bonds is 0. The van der Waals surface area contributed by atoms with E-state index in [0.717, 1.165) is 0 Å². The predicted octanol–water partition coefficient (Wildman–Crippen LogP) is 4.65. The zero-order chi connectivity index (χ0) is 21.1. The number of hydrogen-bond acceptors (Lipinski definition) is 0. The molecule has 2 fully saturated rings. The van der Waals surface area contributed by atoms with E-state index >= 15 is 0 Å². The van der Waals surface area contributed by atoms with Gasteiger partial charge < -0.3 is 6.42 Å². The monoisotopic (exact) mass is 392 g/mol. The Kier molecular flexibility index (Phi) is 4.36. The maximum atomic E-state index is 2.75. The van der Waals surface area contributed by atoms with Crippen LogP contribution < -0.4 is 18.9 Å². The van der Waals surface area contributed by atoms with Crippen molar-refractivity contribution in [3.63, 3.8) is 0 Å². The largest absolute Gasteiger partial charge is 1.00 e. The Morgan fingerprint density at radius 1 is 0.667 bits per heavy atom. The molecule has 0 aromatic heterocycles. The van der Waals surface area contributed by atoms with Crippen molar-refractivity contribution >= 4 is 0 Å². The van der Waals surface area contributed by atoms with Gasteiger partial charge in [0.05, 0.1) is 0 Å². The van der Waals surface area contributed by atoms with Crippen molar-refractivity contribution in [3.8, 4) is 0 Å². The summed E-state index contributed by atoms with van der Waals surface area (Å²) in [5.41, 5.74) is 1.73. The fourth-order valence-corrected chi connectivity index (χ4v) is 9.24. The predicted molar refractivity (Wildman–Crippen MR) is 124 cm³/mol. The third-order valence-corrected chi connectivity index (χ3v) is 12.0. The van der Waals surface area contributed by atoms with Crippen molar-refractivity contribution in [2.45, 2.75) is 55.4 Å². The zero-order valence-corrected chi connectivity index (χ0v) is 20.5. The summed E-state index contributed by atoms with van der Waals surface area (Å²) >= 11 is 0. The fourth-order valence-electron chi connectivity index (χ4n) is 9.24. The summed E-state index contributed by atoms with van der Waals surface area (Å²) in [7, 11) is 0. The molecule has 0 aliphatic heterocycles. The minimum atomic E-state index is 0. The molecule has 0 spiro atoms. The molecular formula is C29H37Li. The fraction of sp³-hybridized carbons (Fsp3) is 0.552. The molecule has 0 amide bonds. The molecular weight excluding hydrogens is 355 g/mol. The van der Waals surface area contributed by atoms with Crippen molar-refractivity contribution in [2.75, 3.05) is 0 Å².